The van der Waals surface area contributed by atoms with Crippen LogP contribution in [0, 0.1) is 0 Å². The summed E-state index contributed by atoms with van der Waals surface area (Å²) in [5, 5.41) is 3.35. The number of aromatic nitrogens is 2. The highest BCUT2D eigenvalue weighted by Crippen LogP contribution is 2.24. The van der Waals surface area contributed by atoms with Crippen molar-refractivity contribution in [1.29, 1.82) is 0 Å². The van der Waals surface area contributed by atoms with Crippen molar-refractivity contribution < 1.29 is 9.47 Å². The van der Waals surface area contributed by atoms with Crippen molar-refractivity contribution in [2.45, 2.75) is 38.3 Å². The molecule has 1 aromatic rings. The third kappa shape index (κ3) is 3.78. The van der Waals surface area contributed by atoms with E-state index in [1.807, 2.05) is 13.8 Å². The molecule has 1 aliphatic rings. The molecule has 19 heavy (non-hydrogen) atoms. The first-order valence-corrected chi connectivity index (χ1v) is 6.69. The van der Waals surface area contributed by atoms with Crippen molar-refractivity contribution in [1.82, 2.24) is 9.97 Å². The number of nitrogens with zero attached hydrogens (tertiary/aromatic N) is 2. The Morgan fingerprint density at radius 3 is 2.84 bits per heavy atom. The number of hydrogen-bond donors (Lipinski definition) is 2. The van der Waals surface area contributed by atoms with Gasteiger partial charge in [0.25, 0.3) is 0 Å². The van der Waals surface area contributed by atoms with Crippen molar-refractivity contribution in [2.24, 2.45) is 5.73 Å². The fourth-order valence-electron chi connectivity index (χ4n) is 2.09. The van der Waals surface area contributed by atoms with Crippen LogP contribution in [0.4, 0.5) is 5.95 Å². The van der Waals surface area contributed by atoms with E-state index in [1.54, 1.807) is 12.3 Å². The van der Waals surface area contributed by atoms with Crippen molar-refractivity contribution in [2.75, 3.05) is 25.1 Å². The molecule has 0 spiro atoms. The number of ether oxygens (including phenoxy) is 2. The quantitative estimate of drug-likeness (QED) is 0.833. The highest BCUT2D eigenvalue weighted by Gasteiger charge is 2.31. The van der Waals surface area contributed by atoms with Crippen LogP contribution in [-0.4, -0.2) is 41.4 Å². The van der Waals surface area contributed by atoms with Gasteiger partial charge in [0, 0.05) is 32.0 Å². The molecule has 0 unspecified atom stereocenters. The van der Waals surface area contributed by atoms with Crippen LogP contribution in [0.15, 0.2) is 12.3 Å². The van der Waals surface area contributed by atoms with E-state index in [2.05, 4.69) is 15.3 Å². The summed E-state index contributed by atoms with van der Waals surface area (Å²) in [7, 11) is 0. The number of anilines is 1. The highest BCUT2D eigenvalue weighted by atomic mass is 16.5. The molecule has 0 aliphatic carbocycles. The van der Waals surface area contributed by atoms with E-state index in [-0.39, 0.29) is 11.6 Å². The molecule has 1 saturated heterocycles. The van der Waals surface area contributed by atoms with Crippen LogP contribution in [0.2, 0.25) is 0 Å². The maximum Gasteiger partial charge on any atom is 0.226 e. The van der Waals surface area contributed by atoms with Crippen LogP contribution in [0.1, 0.15) is 26.7 Å². The molecule has 3 N–H and O–H groups in total. The molecular formula is C13H22N4O2. The molecule has 0 aromatic carbocycles. The molecule has 2 rings (SSSR count). The van der Waals surface area contributed by atoms with Gasteiger partial charge in [-0.15, -0.1) is 0 Å². The SMILES string of the molecule is CC(C)Oc1ccnc(NC2(CN)CCOCC2)n1. The minimum Gasteiger partial charge on any atom is -0.475 e. The van der Waals surface area contributed by atoms with Crippen LogP contribution < -0.4 is 15.8 Å². The van der Waals surface area contributed by atoms with Gasteiger partial charge in [0.1, 0.15) is 0 Å². The summed E-state index contributed by atoms with van der Waals surface area (Å²) in [4.78, 5) is 8.59. The maximum atomic E-state index is 5.90. The van der Waals surface area contributed by atoms with Crippen LogP contribution in [0.3, 0.4) is 0 Å². The predicted molar refractivity (Wildman–Crippen MR) is 73.3 cm³/mol. The summed E-state index contributed by atoms with van der Waals surface area (Å²) in [5.74, 6) is 1.14. The highest BCUT2D eigenvalue weighted by molar-refractivity contribution is 5.32. The zero-order valence-corrected chi connectivity index (χ0v) is 11.6. The average Bonchev–Trinajstić information content (AvgIpc) is 2.39. The van der Waals surface area contributed by atoms with E-state index in [0.29, 0.717) is 31.6 Å². The molecule has 6 nitrogen and oxygen atoms in total. The normalized spacial score (nSPS) is 18.3. The van der Waals surface area contributed by atoms with E-state index in [1.165, 1.54) is 0 Å². The molecule has 0 bridgehead atoms. The van der Waals surface area contributed by atoms with Crippen molar-refractivity contribution in [3.05, 3.63) is 12.3 Å². The Morgan fingerprint density at radius 2 is 2.21 bits per heavy atom. The molecule has 1 fully saturated rings. The summed E-state index contributed by atoms with van der Waals surface area (Å²) in [6, 6.07) is 1.75. The molecule has 1 aromatic heterocycles. The second-order valence-corrected chi connectivity index (χ2v) is 5.11. The second-order valence-electron chi connectivity index (χ2n) is 5.11. The predicted octanol–water partition coefficient (Wildman–Crippen LogP) is 1.18. The maximum absolute atomic E-state index is 5.90. The van der Waals surface area contributed by atoms with Gasteiger partial charge in [-0.25, -0.2) is 4.98 Å². The fraction of sp³-hybridized carbons (Fsp3) is 0.692. The minimum absolute atomic E-state index is 0.0919. The standard InChI is InChI=1S/C13H22N4O2/c1-10(2)19-11-3-6-15-12(16-11)17-13(9-14)4-7-18-8-5-13/h3,6,10H,4-5,7-9,14H2,1-2H3,(H,15,16,17). The summed E-state index contributed by atoms with van der Waals surface area (Å²) < 4.78 is 10.9. The Morgan fingerprint density at radius 1 is 1.47 bits per heavy atom. The molecule has 0 saturated carbocycles. The molecule has 0 amide bonds. The Balaban J connectivity index is 2.08. The number of rotatable bonds is 5. The Bertz CT molecular complexity index is 405. The first-order valence-electron chi connectivity index (χ1n) is 6.69. The fourth-order valence-corrected chi connectivity index (χ4v) is 2.09. The van der Waals surface area contributed by atoms with E-state index in [4.69, 9.17) is 15.2 Å². The second kappa shape index (κ2) is 6.16. The van der Waals surface area contributed by atoms with E-state index >= 15 is 0 Å². The Hall–Kier alpha value is -1.40. The molecule has 1 aliphatic heterocycles. The third-order valence-corrected chi connectivity index (χ3v) is 3.20. The van der Waals surface area contributed by atoms with Gasteiger partial charge in [0.2, 0.25) is 11.8 Å². The zero-order chi connectivity index (χ0) is 13.7. The number of hydrogen-bond acceptors (Lipinski definition) is 6. The van der Waals surface area contributed by atoms with E-state index < -0.39 is 0 Å². The first kappa shape index (κ1) is 14.0. The van der Waals surface area contributed by atoms with Crippen LogP contribution in [0.5, 0.6) is 5.88 Å². The lowest BCUT2D eigenvalue weighted by atomic mass is 9.90. The number of nitrogens with one attached hydrogen (secondary N) is 1. The van der Waals surface area contributed by atoms with Gasteiger partial charge >= 0.3 is 0 Å². The van der Waals surface area contributed by atoms with Gasteiger partial charge in [0.05, 0.1) is 11.6 Å². The van der Waals surface area contributed by atoms with Gasteiger partial charge in [0.15, 0.2) is 0 Å². The summed E-state index contributed by atoms with van der Waals surface area (Å²) >= 11 is 0. The van der Waals surface area contributed by atoms with Crippen molar-refractivity contribution in [3.63, 3.8) is 0 Å². The summed E-state index contributed by atoms with van der Waals surface area (Å²) in [6.07, 6.45) is 3.51. The third-order valence-electron chi connectivity index (χ3n) is 3.20. The lowest BCUT2D eigenvalue weighted by molar-refractivity contribution is 0.0625. The molecule has 2 heterocycles. The van der Waals surface area contributed by atoms with Crippen LogP contribution >= 0.6 is 0 Å². The average molecular weight is 266 g/mol. The lowest BCUT2D eigenvalue weighted by Gasteiger charge is -2.36. The van der Waals surface area contributed by atoms with Crippen LogP contribution in [-0.2, 0) is 4.74 Å². The summed E-state index contributed by atoms with van der Waals surface area (Å²) in [6.45, 7) is 5.90. The van der Waals surface area contributed by atoms with Gasteiger partial charge < -0.3 is 20.5 Å². The molecule has 0 radical (unpaired) electrons. The topological polar surface area (TPSA) is 82.3 Å². The van der Waals surface area contributed by atoms with Gasteiger partial charge in [-0.1, -0.05) is 0 Å². The summed E-state index contributed by atoms with van der Waals surface area (Å²) in [5.41, 5.74) is 5.73. The largest absolute Gasteiger partial charge is 0.475 e. The monoisotopic (exact) mass is 266 g/mol. The Kier molecular flexibility index (Phi) is 4.55. The van der Waals surface area contributed by atoms with Gasteiger partial charge in [-0.2, -0.15) is 4.98 Å². The van der Waals surface area contributed by atoms with Crippen molar-refractivity contribution in [3.8, 4) is 5.88 Å². The minimum atomic E-state index is -0.172. The van der Waals surface area contributed by atoms with E-state index in [0.717, 1.165) is 12.8 Å². The smallest absolute Gasteiger partial charge is 0.226 e. The number of nitrogens with two attached hydrogens (primary N) is 1. The van der Waals surface area contributed by atoms with Crippen molar-refractivity contribution >= 4 is 5.95 Å². The Labute approximate surface area is 113 Å². The molecule has 0 atom stereocenters. The molecule has 106 valence electrons. The zero-order valence-electron chi connectivity index (χ0n) is 11.6. The lowest BCUT2D eigenvalue weighted by Crippen LogP contribution is -2.50. The van der Waals surface area contributed by atoms with Crippen LogP contribution in [0.25, 0.3) is 0 Å². The molecular weight excluding hydrogens is 244 g/mol. The molecule has 6 heteroatoms. The first-order chi connectivity index (χ1) is 9.13. The van der Waals surface area contributed by atoms with Gasteiger partial charge in [-0.3, -0.25) is 0 Å². The van der Waals surface area contributed by atoms with Gasteiger partial charge in [-0.05, 0) is 26.7 Å². The van der Waals surface area contributed by atoms with E-state index in [9.17, 15) is 0 Å².